The molecule has 0 amide bonds. The molecule has 0 bridgehead atoms. The molecule has 15 heteroatoms. The first-order chi connectivity index (χ1) is 15.5. The van der Waals surface area contributed by atoms with Crippen molar-refractivity contribution in [3.8, 4) is 0 Å². The molecule has 2 saturated heterocycles. The monoisotopic (exact) mass is 485 g/mol. The minimum absolute atomic E-state index is 0.0603. The van der Waals surface area contributed by atoms with Crippen LogP contribution in [0.3, 0.4) is 0 Å². The number of nitrogens with two attached hydrogens (primary N) is 3. The van der Waals surface area contributed by atoms with Gasteiger partial charge in [-0.25, -0.2) is 0 Å². The Morgan fingerprint density at radius 2 is 1.06 bits per heavy atom. The van der Waals surface area contributed by atoms with Gasteiger partial charge in [0.2, 0.25) is 0 Å². The Balaban J connectivity index is 1.72. The van der Waals surface area contributed by atoms with Crippen molar-refractivity contribution in [2.75, 3.05) is 13.2 Å². The standard InChI is InChI=1S/C18H35N3O12/c19-4-1-5(20)16(33-18-13(28)12(27)10(25)7(3-23)31-18)14(29)15(4)32-17-11(26)8(21)9(24)6(2-22)30-17/h4-18,22-29H,1-3,19-21H2/t4-,5+,6-,7-,8+,9-,10-,11-,12+,13-,14-,15+,16+,17+,18+/m1/s1. The second-order valence-corrected chi connectivity index (χ2v) is 8.74. The van der Waals surface area contributed by atoms with Gasteiger partial charge < -0.3 is 77.0 Å². The number of rotatable bonds is 6. The maximum absolute atomic E-state index is 10.9. The smallest absolute Gasteiger partial charge is 0.187 e. The van der Waals surface area contributed by atoms with Gasteiger partial charge in [0, 0.05) is 12.1 Å². The van der Waals surface area contributed by atoms with Crippen LogP contribution in [0.15, 0.2) is 0 Å². The van der Waals surface area contributed by atoms with Crippen LogP contribution in [0.25, 0.3) is 0 Å². The van der Waals surface area contributed by atoms with Gasteiger partial charge in [-0.15, -0.1) is 0 Å². The third-order valence-corrected chi connectivity index (χ3v) is 6.43. The zero-order valence-corrected chi connectivity index (χ0v) is 17.7. The summed E-state index contributed by atoms with van der Waals surface area (Å²) >= 11 is 0. The average Bonchev–Trinajstić information content (AvgIpc) is 2.79. The Morgan fingerprint density at radius 1 is 0.606 bits per heavy atom. The summed E-state index contributed by atoms with van der Waals surface area (Å²) in [5, 5.41) is 80.0. The normalized spacial score (nSPS) is 53.7. The van der Waals surface area contributed by atoms with Gasteiger partial charge in [-0.1, -0.05) is 0 Å². The van der Waals surface area contributed by atoms with Gasteiger partial charge in [0.05, 0.1) is 19.3 Å². The van der Waals surface area contributed by atoms with Crippen LogP contribution >= 0.6 is 0 Å². The lowest BCUT2D eigenvalue weighted by Crippen LogP contribution is -2.68. The van der Waals surface area contributed by atoms with Crippen molar-refractivity contribution in [2.24, 2.45) is 17.2 Å². The lowest BCUT2D eigenvalue weighted by Gasteiger charge is -2.48. The van der Waals surface area contributed by atoms with Crippen LogP contribution in [0.1, 0.15) is 6.42 Å². The minimum Gasteiger partial charge on any atom is -0.394 e. The third kappa shape index (κ3) is 5.32. The molecule has 1 saturated carbocycles. The maximum Gasteiger partial charge on any atom is 0.187 e. The van der Waals surface area contributed by atoms with Crippen molar-refractivity contribution >= 4 is 0 Å². The van der Waals surface area contributed by atoms with Crippen LogP contribution in [-0.2, 0) is 18.9 Å². The van der Waals surface area contributed by atoms with E-state index in [1.807, 2.05) is 0 Å². The molecule has 194 valence electrons. The molecule has 3 fully saturated rings. The Bertz CT molecular complexity index is 582. The van der Waals surface area contributed by atoms with E-state index in [4.69, 9.17) is 36.1 Å². The lowest BCUT2D eigenvalue weighted by atomic mass is 9.84. The van der Waals surface area contributed by atoms with Crippen LogP contribution in [0.4, 0.5) is 0 Å². The molecule has 3 aliphatic rings. The number of ether oxygens (including phenoxy) is 4. The minimum atomic E-state index is -1.72. The molecule has 0 radical (unpaired) electrons. The molecule has 0 unspecified atom stereocenters. The average molecular weight is 485 g/mol. The molecule has 3 rings (SSSR count). The van der Waals surface area contributed by atoms with Crippen molar-refractivity contribution < 1.29 is 59.8 Å². The fourth-order valence-electron chi connectivity index (χ4n) is 4.36. The molecular formula is C18H35N3O12. The Morgan fingerprint density at radius 3 is 1.55 bits per heavy atom. The van der Waals surface area contributed by atoms with Crippen molar-refractivity contribution in [3.05, 3.63) is 0 Å². The summed E-state index contributed by atoms with van der Waals surface area (Å²) in [5.41, 5.74) is 17.9. The molecule has 1 aliphatic carbocycles. The molecule has 15 atom stereocenters. The van der Waals surface area contributed by atoms with Crippen LogP contribution in [0.5, 0.6) is 0 Å². The van der Waals surface area contributed by atoms with Gasteiger partial charge in [0.1, 0.15) is 61.0 Å². The van der Waals surface area contributed by atoms with Gasteiger partial charge in [0.15, 0.2) is 12.6 Å². The Hall–Kier alpha value is -0.600. The molecular weight excluding hydrogens is 450 g/mol. The van der Waals surface area contributed by atoms with E-state index in [9.17, 15) is 40.9 Å². The summed E-state index contributed by atoms with van der Waals surface area (Å²) in [5.74, 6) is 0. The number of hydrogen-bond acceptors (Lipinski definition) is 15. The fraction of sp³-hybridized carbons (Fsp3) is 1.00. The summed E-state index contributed by atoms with van der Waals surface area (Å²) in [4.78, 5) is 0. The largest absolute Gasteiger partial charge is 0.394 e. The van der Waals surface area contributed by atoms with E-state index in [2.05, 4.69) is 0 Å². The van der Waals surface area contributed by atoms with E-state index in [1.54, 1.807) is 0 Å². The maximum atomic E-state index is 10.9. The lowest BCUT2D eigenvalue weighted by molar-refractivity contribution is -0.335. The molecule has 0 aromatic carbocycles. The first-order valence-corrected chi connectivity index (χ1v) is 10.7. The highest BCUT2D eigenvalue weighted by Crippen LogP contribution is 2.31. The predicted octanol–water partition coefficient (Wildman–Crippen LogP) is -7.26. The van der Waals surface area contributed by atoms with E-state index in [0.717, 1.165) is 0 Å². The van der Waals surface area contributed by atoms with Crippen molar-refractivity contribution in [1.29, 1.82) is 0 Å². The summed E-state index contributed by atoms with van der Waals surface area (Å²) in [7, 11) is 0. The highest BCUT2D eigenvalue weighted by Gasteiger charge is 2.51. The van der Waals surface area contributed by atoms with Crippen LogP contribution in [-0.4, -0.2) is 146 Å². The zero-order chi connectivity index (χ0) is 24.6. The van der Waals surface area contributed by atoms with Crippen LogP contribution in [0, 0.1) is 0 Å². The number of hydrogen-bond donors (Lipinski definition) is 11. The van der Waals surface area contributed by atoms with Gasteiger partial charge >= 0.3 is 0 Å². The van der Waals surface area contributed by atoms with E-state index in [0.29, 0.717) is 0 Å². The highest BCUT2D eigenvalue weighted by molar-refractivity contribution is 5.01. The third-order valence-electron chi connectivity index (χ3n) is 6.43. The van der Waals surface area contributed by atoms with Crippen molar-refractivity contribution in [2.45, 2.75) is 98.2 Å². The predicted molar refractivity (Wildman–Crippen MR) is 106 cm³/mol. The SMILES string of the molecule is N[C@@H]1[C@@H](O)[C@H](O[C@@H]2[C@@H](O)[C@@H](O[C@@H]3O[C@H](CO)[C@@H](O)[C@H](O)[C@H]3O)[C@@H](N)C[C@H]2N)O[C@H](CO)[C@H]1O. The summed E-state index contributed by atoms with van der Waals surface area (Å²) in [6, 6.07) is -2.92. The van der Waals surface area contributed by atoms with E-state index in [1.165, 1.54) is 0 Å². The molecule has 2 aliphatic heterocycles. The topological polar surface area (TPSA) is 277 Å². The Labute approximate surface area is 189 Å². The van der Waals surface area contributed by atoms with E-state index in [-0.39, 0.29) is 6.42 Å². The highest BCUT2D eigenvalue weighted by atomic mass is 16.7. The molecule has 2 heterocycles. The van der Waals surface area contributed by atoms with Gasteiger partial charge in [-0.2, -0.15) is 0 Å². The van der Waals surface area contributed by atoms with Gasteiger partial charge in [0.25, 0.3) is 0 Å². The van der Waals surface area contributed by atoms with Gasteiger partial charge in [-0.3, -0.25) is 0 Å². The zero-order valence-electron chi connectivity index (χ0n) is 17.7. The summed E-state index contributed by atoms with van der Waals surface area (Å²) < 4.78 is 22.0. The first-order valence-electron chi connectivity index (χ1n) is 10.7. The molecule has 0 aromatic heterocycles. The fourth-order valence-corrected chi connectivity index (χ4v) is 4.36. The Kier molecular flexibility index (Phi) is 8.99. The molecule has 0 aromatic rings. The number of aliphatic hydroxyl groups is 8. The van der Waals surface area contributed by atoms with Crippen LogP contribution < -0.4 is 17.2 Å². The summed E-state index contributed by atoms with van der Waals surface area (Å²) in [6.45, 7) is -1.27. The quantitative estimate of drug-likeness (QED) is 0.167. The number of aliphatic hydroxyl groups excluding tert-OH is 8. The van der Waals surface area contributed by atoms with Gasteiger partial charge in [-0.05, 0) is 6.42 Å². The van der Waals surface area contributed by atoms with E-state index < -0.39 is 105 Å². The van der Waals surface area contributed by atoms with Crippen molar-refractivity contribution in [1.82, 2.24) is 0 Å². The molecule has 15 nitrogen and oxygen atoms in total. The van der Waals surface area contributed by atoms with E-state index >= 15 is 0 Å². The molecule has 33 heavy (non-hydrogen) atoms. The molecule has 14 N–H and O–H groups in total. The second-order valence-electron chi connectivity index (χ2n) is 8.74. The van der Waals surface area contributed by atoms with Crippen molar-refractivity contribution in [3.63, 3.8) is 0 Å². The first kappa shape index (κ1) is 27.0. The molecule has 0 spiro atoms. The second kappa shape index (κ2) is 11.0. The summed E-state index contributed by atoms with van der Waals surface area (Å²) in [6.07, 6.45) is -17.2. The van der Waals surface area contributed by atoms with Crippen LogP contribution in [0.2, 0.25) is 0 Å².